The molecule has 0 bridgehead atoms. The van der Waals surface area contributed by atoms with Crippen molar-refractivity contribution in [3.63, 3.8) is 0 Å². The first-order chi connectivity index (χ1) is 13.8. The number of benzene rings is 1. The van der Waals surface area contributed by atoms with E-state index in [2.05, 4.69) is 20.3 Å². The van der Waals surface area contributed by atoms with Crippen molar-refractivity contribution in [3.8, 4) is 5.69 Å². The Morgan fingerprint density at radius 3 is 2.86 bits per heavy atom. The summed E-state index contributed by atoms with van der Waals surface area (Å²) in [4.78, 5) is 20.8. The smallest absolute Gasteiger partial charge is 0.276 e. The van der Waals surface area contributed by atoms with Crippen molar-refractivity contribution in [3.05, 3.63) is 53.9 Å². The van der Waals surface area contributed by atoms with Gasteiger partial charge in [0.1, 0.15) is 0 Å². The second kappa shape index (κ2) is 7.18. The van der Waals surface area contributed by atoms with Gasteiger partial charge in [0.2, 0.25) is 5.89 Å². The van der Waals surface area contributed by atoms with Gasteiger partial charge >= 0.3 is 0 Å². The predicted octanol–water partition coefficient (Wildman–Crippen LogP) is 2.62. The third-order valence-electron chi connectivity index (χ3n) is 5.39. The van der Waals surface area contributed by atoms with E-state index in [4.69, 9.17) is 4.52 Å². The minimum absolute atomic E-state index is 0.0731. The molecular formula is C20H22N6O2. The SMILES string of the molecule is O=C(c1cnn(-c2ccccc2)n1)N1CCC[C@@H](Cc2nc(C3CC3)no2)C1. The molecular weight excluding hydrogens is 356 g/mol. The fourth-order valence-electron chi connectivity index (χ4n) is 3.73. The van der Waals surface area contributed by atoms with Crippen molar-refractivity contribution in [2.45, 2.75) is 38.0 Å². The molecule has 5 rings (SSSR count). The standard InChI is InChI=1S/C20H22N6O2/c27-20(17-12-21-26(23-17)16-6-2-1-3-7-16)25-10-4-5-14(13-25)11-18-22-19(24-28-18)15-8-9-15/h1-3,6-7,12,14-15H,4-5,8-11,13H2/t14-/m0/s1. The van der Waals surface area contributed by atoms with Crippen molar-refractivity contribution in [2.24, 2.45) is 5.92 Å². The van der Waals surface area contributed by atoms with Crippen LogP contribution in [0.5, 0.6) is 0 Å². The second-order valence-electron chi connectivity index (χ2n) is 7.64. The van der Waals surface area contributed by atoms with Crippen molar-refractivity contribution in [2.75, 3.05) is 13.1 Å². The number of carbonyl (C=O) groups excluding carboxylic acids is 1. The van der Waals surface area contributed by atoms with Crippen LogP contribution in [0.1, 0.15) is 53.8 Å². The highest BCUT2D eigenvalue weighted by Crippen LogP contribution is 2.38. The molecule has 0 radical (unpaired) electrons. The van der Waals surface area contributed by atoms with Crippen LogP contribution in [-0.4, -0.2) is 49.0 Å². The molecule has 144 valence electrons. The molecule has 1 aromatic carbocycles. The first-order valence-corrected chi connectivity index (χ1v) is 9.86. The van der Waals surface area contributed by atoms with Gasteiger partial charge in [0.15, 0.2) is 11.5 Å². The molecule has 2 fully saturated rings. The molecule has 2 aromatic heterocycles. The third-order valence-corrected chi connectivity index (χ3v) is 5.39. The first kappa shape index (κ1) is 17.1. The van der Waals surface area contributed by atoms with Gasteiger partial charge in [-0.05, 0) is 43.7 Å². The number of carbonyl (C=O) groups is 1. The van der Waals surface area contributed by atoms with Crippen LogP contribution in [-0.2, 0) is 6.42 Å². The maximum atomic E-state index is 12.9. The Morgan fingerprint density at radius 2 is 2.04 bits per heavy atom. The Bertz CT molecular complexity index is 962. The van der Waals surface area contributed by atoms with Crippen molar-refractivity contribution < 1.29 is 9.32 Å². The summed E-state index contributed by atoms with van der Waals surface area (Å²) in [6, 6.07) is 9.59. The zero-order chi connectivity index (χ0) is 18.9. The molecule has 28 heavy (non-hydrogen) atoms. The zero-order valence-corrected chi connectivity index (χ0v) is 15.6. The third kappa shape index (κ3) is 3.54. The van der Waals surface area contributed by atoms with Gasteiger partial charge in [-0.2, -0.15) is 14.9 Å². The largest absolute Gasteiger partial charge is 0.339 e. The fourth-order valence-corrected chi connectivity index (χ4v) is 3.73. The Kier molecular flexibility index (Phi) is 4.38. The number of hydrogen-bond acceptors (Lipinski definition) is 6. The van der Waals surface area contributed by atoms with E-state index in [1.165, 1.54) is 4.80 Å². The minimum Gasteiger partial charge on any atom is -0.339 e. The maximum Gasteiger partial charge on any atom is 0.276 e. The van der Waals surface area contributed by atoms with Gasteiger partial charge < -0.3 is 9.42 Å². The van der Waals surface area contributed by atoms with E-state index in [-0.39, 0.29) is 5.91 Å². The Morgan fingerprint density at radius 1 is 1.18 bits per heavy atom. The number of aromatic nitrogens is 5. The van der Waals surface area contributed by atoms with Gasteiger partial charge in [0.25, 0.3) is 5.91 Å². The van der Waals surface area contributed by atoms with Crippen molar-refractivity contribution >= 4 is 5.91 Å². The highest BCUT2D eigenvalue weighted by atomic mass is 16.5. The molecule has 1 aliphatic carbocycles. The molecule has 2 aliphatic rings. The van der Waals surface area contributed by atoms with Crippen molar-refractivity contribution in [1.82, 2.24) is 30.0 Å². The average molecular weight is 378 g/mol. The van der Waals surface area contributed by atoms with E-state index < -0.39 is 0 Å². The summed E-state index contributed by atoms with van der Waals surface area (Å²) in [5, 5.41) is 12.7. The molecule has 0 N–H and O–H groups in total. The topological polar surface area (TPSA) is 89.9 Å². The van der Waals surface area contributed by atoms with Gasteiger partial charge in [0, 0.05) is 25.4 Å². The molecule has 1 aliphatic heterocycles. The lowest BCUT2D eigenvalue weighted by atomic mass is 9.94. The molecule has 1 saturated carbocycles. The van der Waals surface area contributed by atoms with Gasteiger partial charge in [-0.25, -0.2) is 0 Å². The number of rotatable bonds is 5. The van der Waals surface area contributed by atoms with E-state index in [1.54, 1.807) is 6.20 Å². The molecule has 3 aromatic rings. The van der Waals surface area contributed by atoms with Gasteiger partial charge in [-0.3, -0.25) is 4.79 Å². The fraction of sp³-hybridized carbons (Fsp3) is 0.450. The van der Waals surface area contributed by atoms with Crippen LogP contribution in [0.2, 0.25) is 0 Å². The molecule has 1 atom stereocenters. The predicted molar refractivity (Wildman–Crippen MR) is 100.0 cm³/mol. The Balaban J connectivity index is 1.24. The van der Waals surface area contributed by atoms with Crippen LogP contribution in [0.15, 0.2) is 41.1 Å². The molecule has 8 heteroatoms. The molecule has 0 spiro atoms. The highest BCUT2D eigenvalue weighted by Gasteiger charge is 2.31. The molecule has 3 heterocycles. The van der Waals surface area contributed by atoms with E-state index in [0.717, 1.165) is 50.2 Å². The average Bonchev–Trinajstić information content (AvgIpc) is 3.28. The summed E-state index contributed by atoms with van der Waals surface area (Å²) >= 11 is 0. The number of nitrogens with zero attached hydrogens (tertiary/aromatic N) is 6. The van der Waals surface area contributed by atoms with Crippen LogP contribution in [0.25, 0.3) is 5.69 Å². The number of piperidine rings is 1. The van der Waals surface area contributed by atoms with Gasteiger partial charge in [0.05, 0.1) is 11.9 Å². The zero-order valence-electron chi connectivity index (χ0n) is 15.6. The number of para-hydroxylation sites is 1. The summed E-state index contributed by atoms with van der Waals surface area (Å²) in [5.41, 5.74) is 1.21. The monoisotopic (exact) mass is 378 g/mol. The van der Waals surface area contributed by atoms with Crippen LogP contribution >= 0.6 is 0 Å². The normalized spacial score (nSPS) is 19.7. The number of hydrogen-bond donors (Lipinski definition) is 0. The first-order valence-electron chi connectivity index (χ1n) is 9.86. The lowest BCUT2D eigenvalue weighted by Gasteiger charge is -2.31. The quantitative estimate of drug-likeness (QED) is 0.678. The Hall–Kier alpha value is -3.03. The summed E-state index contributed by atoms with van der Waals surface area (Å²) in [6.07, 6.45) is 6.61. The Labute approximate surface area is 162 Å². The van der Waals surface area contributed by atoms with E-state index in [1.807, 2.05) is 35.2 Å². The molecule has 1 saturated heterocycles. The highest BCUT2D eigenvalue weighted by molar-refractivity contribution is 5.92. The summed E-state index contributed by atoms with van der Waals surface area (Å²) in [7, 11) is 0. The van der Waals surface area contributed by atoms with Crippen molar-refractivity contribution in [1.29, 1.82) is 0 Å². The number of likely N-dealkylation sites (tertiary alicyclic amines) is 1. The van der Waals surface area contributed by atoms with Gasteiger partial charge in [-0.1, -0.05) is 23.4 Å². The molecule has 0 unspecified atom stereocenters. The van der Waals surface area contributed by atoms with E-state index >= 15 is 0 Å². The van der Waals surface area contributed by atoms with E-state index in [9.17, 15) is 4.79 Å². The lowest BCUT2D eigenvalue weighted by molar-refractivity contribution is 0.0661. The van der Waals surface area contributed by atoms with E-state index in [0.29, 0.717) is 30.0 Å². The minimum atomic E-state index is -0.0731. The van der Waals surface area contributed by atoms with Crippen LogP contribution in [0.4, 0.5) is 0 Å². The van der Waals surface area contributed by atoms with Crippen LogP contribution in [0, 0.1) is 5.92 Å². The summed E-state index contributed by atoms with van der Waals surface area (Å²) in [5.74, 6) is 2.28. The van der Waals surface area contributed by atoms with Crippen LogP contribution in [0.3, 0.4) is 0 Å². The molecule has 1 amide bonds. The lowest BCUT2D eigenvalue weighted by Crippen LogP contribution is -2.40. The number of amides is 1. The molecule has 8 nitrogen and oxygen atoms in total. The summed E-state index contributed by atoms with van der Waals surface area (Å²) in [6.45, 7) is 1.42. The summed E-state index contributed by atoms with van der Waals surface area (Å²) < 4.78 is 5.41. The van der Waals surface area contributed by atoms with Gasteiger partial charge in [-0.15, -0.1) is 5.10 Å². The second-order valence-corrected chi connectivity index (χ2v) is 7.64. The maximum absolute atomic E-state index is 12.9. The van der Waals surface area contributed by atoms with Crippen LogP contribution < -0.4 is 0 Å².